The van der Waals surface area contributed by atoms with Gasteiger partial charge in [-0.1, -0.05) is 30.3 Å². The average Bonchev–Trinajstić information content (AvgIpc) is 2.62. The number of hydrogen-bond acceptors (Lipinski definition) is 6. The molecular weight excluding hydrogens is 364 g/mol. The zero-order valence-electron chi connectivity index (χ0n) is 17.0. The lowest BCUT2D eigenvalue weighted by Crippen LogP contribution is -2.40. The molecule has 0 aliphatic rings. The summed E-state index contributed by atoms with van der Waals surface area (Å²) in [6.07, 6.45) is -0.647. The van der Waals surface area contributed by atoms with E-state index in [0.29, 0.717) is 0 Å². The van der Waals surface area contributed by atoms with Gasteiger partial charge in [0.1, 0.15) is 12.2 Å². The van der Waals surface area contributed by atoms with E-state index in [1.54, 1.807) is 27.7 Å². The third kappa shape index (κ3) is 10.5. The summed E-state index contributed by atoms with van der Waals surface area (Å²) < 4.78 is 10.00. The third-order valence-corrected chi connectivity index (χ3v) is 3.34. The van der Waals surface area contributed by atoms with Crippen LogP contribution >= 0.6 is 0 Å². The molecule has 1 aromatic rings. The van der Waals surface area contributed by atoms with Gasteiger partial charge in [-0.15, -0.1) is 0 Å². The maximum Gasteiger partial charge on any atom is 0.407 e. The van der Waals surface area contributed by atoms with Crippen molar-refractivity contribution in [3.63, 3.8) is 0 Å². The normalized spacial score (nSPS) is 10.9. The largest absolute Gasteiger partial charge is 0.466 e. The van der Waals surface area contributed by atoms with Crippen LogP contribution in [-0.2, 0) is 30.5 Å². The molecule has 0 radical (unpaired) electrons. The summed E-state index contributed by atoms with van der Waals surface area (Å²) in [4.78, 5) is 41.2. The Kier molecular flexibility index (Phi) is 10.0. The van der Waals surface area contributed by atoms with Crippen LogP contribution in [0, 0.1) is 0 Å². The van der Waals surface area contributed by atoms with Crippen molar-refractivity contribution < 1.29 is 28.7 Å². The zero-order valence-corrected chi connectivity index (χ0v) is 17.0. The Balaban J connectivity index is 2.57. The molecule has 0 fully saturated rings. The highest BCUT2D eigenvalue weighted by atomic mass is 16.7. The second-order valence-corrected chi connectivity index (χ2v) is 6.99. The van der Waals surface area contributed by atoms with Crippen LogP contribution in [0.2, 0.25) is 0 Å². The lowest BCUT2D eigenvalue weighted by Gasteiger charge is -2.23. The predicted molar refractivity (Wildman–Crippen MR) is 103 cm³/mol. The Morgan fingerprint density at radius 2 is 1.75 bits per heavy atom. The number of nitrogens with one attached hydrogen (secondary N) is 1. The molecule has 8 heteroatoms. The number of carbonyl (C=O) groups is 3. The number of amides is 2. The maximum absolute atomic E-state index is 12.4. The van der Waals surface area contributed by atoms with Crippen molar-refractivity contribution in [2.24, 2.45) is 0 Å². The Bertz CT molecular complexity index is 627. The van der Waals surface area contributed by atoms with Crippen molar-refractivity contribution in [1.82, 2.24) is 10.4 Å². The number of carbonyl (C=O) groups excluding carboxylic acids is 3. The van der Waals surface area contributed by atoms with Gasteiger partial charge in [-0.05, 0) is 33.3 Å². The van der Waals surface area contributed by atoms with Gasteiger partial charge in [0, 0.05) is 13.0 Å². The van der Waals surface area contributed by atoms with E-state index in [0.717, 1.165) is 10.6 Å². The minimum atomic E-state index is -0.608. The van der Waals surface area contributed by atoms with Crippen molar-refractivity contribution >= 4 is 18.0 Å². The smallest absolute Gasteiger partial charge is 0.407 e. The number of ether oxygens (including phenoxy) is 2. The molecule has 156 valence electrons. The Morgan fingerprint density at radius 3 is 2.36 bits per heavy atom. The fourth-order valence-corrected chi connectivity index (χ4v) is 2.13. The third-order valence-electron chi connectivity index (χ3n) is 3.34. The molecule has 0 atom stereocenters. The number of hydrogen-bond donors (Lipinski definition) is 1. The molecular formula is C20H30N2O6. The molecule has 0 saturated heterocycles. The van der Waals surface area contributed by atoms with Crippen LogP contribution in [0.1, 0.15) is 46.1 Å². The molecule has 28 heavy (non-hydrogen) atoms. The van der Waals surface area contributed by atoms with Crippen LogP contribution in [0.15, 0.2) is 30.3 Å². The van der Waals surface area contributed by atoms with E-state index in [1.807, 2.05) is 30.3 Å². The Labute approximate surface area is 166 Å². The summed E-state index contributed by atoms with van der Waals surface area (Å²) in [5.74, 6) is -0.805. The maximum atomic E-state index is 12.4. The highest BCUT2D eigenvalue weighted by Gasteiger charge is 2.19. The summed E-state index contributed by atoms with van der Waals surface area (Å²) in [6.45, 7) is 7.72. The molecule has 0 heterocycles. The lowest BCUT2D eigenvalue weighted by molar-refractivity contribution is -0.191. The highest BCUT2D eigenvalue weighted by Crippen LogP contribution is 2.08. The van der Waals surface area contributed by atoms with Crippen LogP contribution in [0.4, 0.5) is 4.79 Å². The fourth-order valence-electron chi connectivity index (χ4n) is 2.13. The molecule has 0 aliphatic heterocycles. The van der Waals surface area contributed by atoms with E-state index in [-0.39, 0.29) is 45.1 Å². The van der Waals surface area contributed by atoms with Crippen LogP contribution in [0.5, 0.6) is 0 Å². The summed E-state index contributed by atoms with van der Waals surface area (Å²) in [5.41, 5.74) is 0.286. The minimum absolute atomic E-state index is 0.0304. The van der Waals surface area contributed by atoms with Crippen LogP contribution in [-0.4, -0.2) is 48.3 Å². The SMILES string of the molecule is CCOC(=O)CCC(=O)N(CCNC(=O)OC(C)(C)C)OCc1ccccc1. The number of hydroxylamine groups is 2. The van der Waals surface area contributed by atoms with Gasteiger partial charge in [0.05, 0.1) is 19.6 Å². The molecule has 1 aromatic carbocycles. The average molecular weight is 394 g/mol. The molecule has 0 aromatic heterocycles. The second kappa shape index (κ2) is 12.0. The highest BCUT2D eigenvalue weighted by molar-refractivity contribution is 5.80. The summed E-state index contributed by atoms with van der Waals surface area (Å²) in [5, 5.41) is 3.74. The van der Waals surface area contributed by atoms with E-state index < -0.39 is 17.7 Å². The van der Waals surface area contributed by atoms with Crippen molar-refractivity contribution in [3.8, 4) is 0 Å². The predicted octanol–water partition coefficient (Wildman–Crippen LogP) is 2.81. The standard InChI is InChI=1S/C20H30N2O6/c1-5-26-18(24)12-11-17(23)22(27-15-16-9-7-6-8-10-16)14-13-21-19(25)28-20(2,3)4/h6-10H,5,11-15H2,1-4H3,(H,21,25). The van der Waals surface area contributed by atoms with E-state index >= 15 is 0 Å². The molecule has 0 unspecified atom stereocenters. The number of benzene rings is 1. The van der Waals surface area contributed by atoms with Crippen LogP contribution in [0.3, 0.4) is 0 Å². The first kappa shape index (κ1) is 23.4. The number of alkyl carbamates (subject to hydrolysis) is 1. The van der Waals surface area contributed by atoms with E-state index in [1.165, 1.54) is 0 Å². The Morgan fingerprint density at radius 1 is 1.07 bits per heavy atom. The van der Waals surface area contributed by atoms with Crippen molar-refractivity contribution in [2.75, 3.05) is 19.7 Å². The van der Waals surface area contributed by atoms with Gasteiger partial charge < -0.3 is 14.8 Å². The molecule has 0 bridgehead atoms. The molecule has 0 spiro atoms. The van der Waals surface area contributed by atoms with E-state index in [2.05, 4.69) is 5.32 Å². The van der Waals surface area contributed by atoms with Crippen molar-refractivity contribution in [1.29, 1.82) is 0 Å². The van der Waals surface area contributed by atoms with E-state index in [9.17, 15) is 14.4 Å². The first-order chi connectivity index (χ1) is 13.2. The number of rotatable bonds is 10. The van der Waals surface area contributed by atoms with Gasteiger partial charge in [-0.3, -0.25) is 14.4 Å². The molecule has 0 aliphatic carbocycles. The molecule has 8 nitrogen and oxygen atoms in total. The summed E-state index contributed by atoms with van der Waals surface area (Å²) in [7, 11) is 0. The zero-order chi connectivity index (χ0) is 21.0. The van der Waals surface area contributed by atoms with Crippen LogP contribution in [0.25, 0.3) is 0 Å². The monoisotopic (exact) mass is 394 g/mol. The van der Waals surface area contributed by atoms with E-state index in [4.69, 9.17) is 14.3 Å². The summed E-state index contributed by atoms with van der Waals surface area (Å²) >= 11 is 0. The number of esters is 1. The molecule has 1 rings (SSSR count). The van der Waals surface area contributed by atoms with Gasteiger partial charge in [-0.2, -0.15) is 0 Å². The first-order valence-electron chi connectivity index (χ1n) is 9.31. The van der Waals surface area contributed by atoms with Crippen LogP contribution < -0.4 is 5.32 Å². The lowest BCUT2D eigenvalue weighted by atomic mass is 10.2. The van der Waals surface area contributed by atoms with Gasteiger partial charge in [0.25, 0.3) is 0 Å². The Hall–Kier alpha value is -2.61. The van der Waals surface area contributed by atoms with Gasteiger partial charge >= 0.3 is 12.1 Å². The molecule has 0 saturated carbocycles. The fraction of sp³-hybridized carbons (Fsp3) is 0.550. The number of nitrogens with zero attached hydrogens (tertiary/aromatic N) is 1. The molecule has 2 amide bonds. The topological polar surface area (TPSA) is 94.2 Å². The van der Waals surface area contributed by atoms with Crippen molar-refractivity contribution in [2.45, 2.75) is 52.7 Å². The minimum Gasteiger partial charge on any atom is -0.466 e. The van der Waals surface area contributed by atoms with Crippen molar-refractivity contribution in [3.05, 3.63) is 35.9 Å². The molecule has 1 N–H and O–H groups in total. The summed E-state index contributed by atoms with van der Waals surface area (Å²) in [6, 6.07) is 9.38. The first-order valence-corrected chi connectivity index (χ1v) is 9.31. The quantitative estimate of drug-likeness (QED) is 0.484. The van der Waals surface area contributed by atoms with Gasteiger partial charge in [0.15, 0.2) is 0 Å². The van der Waals surface area contributed by atoms with Gasteiger partial charge in [-0.25, -0.2) is 9.86 Å². The van der Waals surface area contributed by atoms with Gasteiger partial charge in [0.2, 0.25) is 5.91 Å². The second-order valence-electron chi connectivity index (χ2n) is 6.99.